The topological polar surface area (TPSA) is 30.7 Å². The van der Waals surface area contributed by atoms with E-state index in [0.717, 1.165) is 28.8 Å². The van der Waals surface area contributed by atoms with Crippen molar-refractivity contribution in [3.05, 3.63) is 83.2 Å². The van der Waals surface area contributed by atoms with Crippen LogP contribution in [0.25, 0.3) is 16.5 Å². The molecule has 0 aliphatic heterocycles. The molecule has 0 bridgehead atoms. The highest BCUT2D eigenvalue weighted by Crippen LogP contribution is 2.27. The molecule has 1 heterocycles. The number of rotatable bonds is 5. The van der Waals surface area contributed by atoms with Crippen molar-refractivity contribution in [3.8, 4) is 5.69 Å². The molecule has 1 aromatic heterocycles. The highest BCUT2D eigenvalue weighted by Gasteiger charge is 2.17. The van der Waals surface area contributed by atoms with Crippen LogP contribution in [0.1, 0.15) is 29.4 Å². The normalized spacial score (nSPS) is 11.2. The first-order valence-electron chi connectivity index (χ1n) is 9.28. The second-order valence-electron chi connectivity index (χ2n) is 6.77. The molecule has 4 heteroatoms. The maximum atomic E-state index is 4.57. The third-order valence-corrected chi connectivity index (χ3v) is 5.61. The molecule has 0 N–H and O–H groups in total. The van der Waals surface area contributed by atoms with Crippen LogP contribution in [0.2, 0.25) is 0 Å². The van der Waals surface area contributed by atoms with E-state index in [-0.39, 0.29) is 0 Å². The summed E-state index contributed by atoms with van der Waals surface area (Å²) in [6, 6.07) is 21.6. The number of benzene rings is 3. The number of aryl methyl sites for hydroxylation is 2. The van der Waals surface area contributed by atoms with Crippen molar-refractivity contribution in [2.24, 2.45) is 0 Å². The molecule has 0 amide bonds. The molecule has 0 saturated heterocycles. The molecular weight excluding hydrogens is 350 g/mol. The summed E-state index contributed by atoms with van der Waals surface area (Å²) in [4.78, 5) is 0. The van der Waals surface area contributed by atoms with Crippen LogP contribution in [-0.4, -0.2) is 20.5 Å². The van der Waals surface area contributed by atoms with Crippen molar-refractivity contribution in [2.45, 2.75) is 32.3 Å². The van der Waals surface area contributed by atoms with Gasteiger partial charge in [0.05, 0.1) is 5.69 Å². The monoisotopic (exact) mass is 373 g/mol. The van der Waals surface area contributed by atoms with Gasteiger partial charge in [0.25, 0.3) is 0 Å². The van der Waals surface area contributed by atoms with Gasteiger partial charge in [-0.1, -0.05) is 78.8 Å². The van der Waals surface area contributed by atoms with Crippen LogP contribution in [0.15, 0.2) is 65.8 Å². The molecule has 0 aliphatic rings. The molecular formula is C23H23N3S. The molecule has 0 saturated carbocycles. The van der Waals surface area contributed by atoms with Gasteiger partial charge in [-0.3, -0.25) is 4.57 Å². The zero-order chi connectivity index (χ0) is 18.8. The fourth-order valence-electron chi connectivity index (χ4n) is 3.55. The highest BCUT2D eigenvalue weighted by atomic mass is 32.2. The van der Waals surface area contributed by atoms with E-state index in [1.807, 2.05) is 0 Å². The Morgan fingerprint density at radius 1 is 0.926 bits per heavy atom. The van der Waals surface area contributed by atoms with E-state index in [1.54, 1.807) is 11.8 Å². The number of hydrogen-bond donors (Lipinski definition) is 0. The van der Waals surface area contributed by atoms with Gasteiger partial charge >= 0.3 is 0 Å². The summed E-state index contributed by atoms with van der Waals surface area (Å²) < 4.78 is 2.23. The molecule has 0 unspecified atom stereocenters. The first kappa shape index (κ1) is 17.8. The predicted octanol–water partition coefficient (Wildman–Crippen LogP) is 5.74. The molecule has 0 atom stereocenters. The first-order valence-corrected chi connectivity index (χ1v) is 10.3. The lowest BCUT2D eigenvalue weighted by molar-refractivity contribution is 0.843. The maximum absolute atomic E-state index is 4.57. The smallest absolute Gasteiger partial charge is 0.195 e. The first-order chi connectivity index (χ1) is 13.2. The number of thioether (sulfide) groups is 1. The lowest BCUT2D eigenvalue weighted by atomic mass is 10.0. The minimum absolute atomic E-state index is 0.756. The average molecular weight is 374 g/mol. The second kappa shape index (κ2) is 7.57. The minimum Gasteiger partial charge on any atom is -0.273 e. The lowest BCUT2D eigenvalue weighted by Crippen LogP contribution is -2.06. The van der Waals surface area contributed by atoms with E-state index < -0.39 is 0 Å². The van der Waals surface area contributed by atoms with Crippen LogP contribution >= 0.6 is 11.8 Å². The Labute approximate surface area is 164 Å². The van der Waals surface area contributed by atoms with Crippen molar-refractivity contribution in [1.82, 2.24) is 14.8 Å². The second-order valence-corrected chi connectivity index (χ2v) is 8.00. The number of fused-ring (bicyclic) bond motifs is 1. The van der Waals surface area contributed by atoms with E-state index in [0.29, 0.717) is 0 Å². The Morgan fingerprint density at radius 3 is 2.56 bits per heavy atom. The third-order valence-electron chi connectivity index (χ3n) is 4.80. The van der Waals surface area contributed by atoms with Crippen molar-refractivity contribution in [1.29, 1.82) is 0 Å². The molecule has 27 heavy (non-hydrogen) atoms. The van der Waals surface area contributed by atoms with Gasteiger partial charge < -0.3 is 0 Å². The van der Waals surface area contributed by atoms with Crippen LogP contribution in [0, 0.1) is 13.8 Å². The molecule has 0 spiro atoms. The van der Waals surface area contributed by atoms with Gasteiger partial charge in [-0.15, -0.1) is 10.2 Å². The summed E-state index contributed by atoms with van der Waals surface area (Å²) in [5.74, 6) is 1.95. The number of aromatic nitrogens is 3. The zero-order valence-electron chi connectivity index (χ0n) is 15.9. The molecule has 3 nitrogen and oxygen atoms in total. The highest BCUT2D eigenvalue weighted by molar-refractivity contribution is 7.99. The summed E-state index contributed by atoms with van der Waals surface area (Å²) in [5, 5.41) is 12.6. The standard InChI is InChI=1S/C23H23N3S/c1-4-27-23-25-24-22(26(23)21-13-12-16(2)14-17(21)3)15-19-10-7-9-18-8-5-6-11-20(18)19/h5-14H,4,15H2,1-3H3. The Bertz CT molecular complexity index is 1090. The van der Waals surface area contributed by atoms with E-state index in [1.165, 1.54) is 27.5 Å². The van der Waals surface area contributed by atoms with Crippen LogP contribution < -0.4 is 0 Å². The fourth-order valence-corrected chi connectivity index (χ4v) is 4.24. The van der Waals surface area contributed by atoms with Crippen molar-refractivity contribution in [2.75, 3.05) is 5.75 Å². The van der Waals surface area contributed by atoms with Crippen molar-refractivity contribution in [3.63, 3.8) is 0 Å². The maximum Gasteiger partial charge on any atom is 0.195 e. The van der Waals surface area contributed by atoms with Crippen LogP contribution in [0.5, 0.6) is 0 Å². The molecule has 4 aromatic rings. The van der Waals surface area contributed by atoms with Gasteiger partial charge in [-0.05, 0) is 47.6 Å². The third kappa shape index (κ3) is 3.50. The van der Waals surface area contributed by atoms with Gasteiger partial charge in [0.15, 0.2) is 5.16 Å². The quantitative estimate of drug-likeness (QED) is 0.418. The lowest BCUT2D eigenvalue weighted by Gasteiger charge is -2.14. The minimum atomic E-state index is 0.756. The van der Waals surface area contributed by atoms with Gasteiger partial charge in [-0.25, -0.2) is 0 Å². The summed E-state index contributed by atoms with van der Waals surface area (Å²) in [5.41, 5.74) is 4.95. The summed E-state index contributed by atoms with van der Waals surface area (Å²) >= 11 is 1.73. The Kier molecular flexibility index (Phi) is 4.99. The molecule has 136 valence electrons. The van der Waals surface area contributed by atoms with Gasteiger partial charge in [0.2, 0.25) is 0 Å². The largest absolute Gasteiger partial charge is 0.273 e. The Hall–Kier alpha value is -2.59. The molecule has 0 fully saturated rings. The summed E-state index contributed by atoms with van der Waals surface area (Å²) in [6.45, 7) is 6.43. The van der Waals surface area contributed by atoms with E-state index in [4.69, 9.17) is 0 Å². The molecule has 3 aromatic carbocycles. The SMILES string of the molecule is CCSc1nnc(Cc2cccc3ccccc23)n1-c1ccc(C)cc1C. The molecule has 4 rings (SSSR count). The fraction of sp³-hybridized carbons (Fsp3) is 0.217. The van der Waals surface area contributed by atoms with E-state index >= 15 is 0 Å². The summed E-state index contributed by atoms with van der Waals surface area (Å²) in [7, 11) is 0. The van der Waals surface area contributed by atoms with Gasteiger partial charge in [0, 0.05) is 6.42 Å². The predicted molar refractivity (Wildman–Crippen MR) is 114 cm³/mol. The Balaban J connectivity index is 1.83. The van der Waals surface area contributed by atoms with Crippen LogP contribution in [-0.2, 0) is 6.42 Å². The summed E-state index contributed by atoms with van der Waals surface area (Å²) in [6.07, 6.45) is 0.756. The molecule has 0 aliphatic carbocycles. The van der Waals surface area contributed by atoms with Crippen LogP contribution in [0.4, 0.5) is 0 Å². The van der Waals surface area contributed by atoms with E-state index in [2.05, 4.69) is 96.2 Å². The number of hydrogen-bond acceptors (Lipinski definition) is 3. The Morgan fingerprint density at radius 2 is 1.74 bits per heavy atom. The van der Waals surface area contributed by atoms with Crippen molar-refractivity contribution >= 4 is 22.5 Å². The van der Waals surface area contributed by atoms with Crippen LogP contribution in [0.3, 0.4) is 0 Å². The zero-order valence-corrected chi connectivity index (χ0v) is 16.8. The number of nitrogens with zero attached hydrogens (tertiary/aromatic N) is 3. The van der Waals surface area contributed by atoms with Gasteiger partial charge in [0.1, 0.15) is 5.82 Å². The molecule has 0 radical (unpaired) electrons. The van der Waals surface area contributed by atoms with E-state index in [9.17, 15) is 0 Å². The van der Waals surface area contributed by atoms with Crippen molar-refractivity contribution < 1.29 is 0 Å². The van der Waals surface area contributed by atoms with Gasteiger partial charge in [-0.2, -0.15) is 0 Å². The average Bonchev–Trinajstić information content (AvgIpc) is 3.05.